The minimum Gasteiger partial charge on any atom is -0.298 e. The SMILES string of the molecule is CS(=O)(=O)c1ccc2nc(NC(=O)c3ccccc3S(=O)(=O)N3CCCCC3)sc2c1. The van der Waals surface area contributed by atoms with Gasteiger partial charge in [-0.25, -0.2) is 21.8 Å². The molecule has 1 amide bonds. The van der Waals surface area contributed by atoms with Crippen LogP contribution in [0.3, 0.4) is 0 Å². The molecule has 8 nitrogen and oxygen atoms in total. The zero-order valence-electron chi connectivity index (χ0n) is 16.7. The molecular formula is C20H21N3O5S3. The Bertz CT molecular complexity index is 1360. The lowest BCUT2D eigenvalue weighted by molar-refractivity contribution is 0.102. The normalized spacial score (nSPS) is 15.8. The van der Waals surface area contributed by atoms with E-state index in [1.807, 2.05) is 0 Å². The summed E-state index contributed by atoms with van der Waals surface area (Å²) in [5, 5.41) is 2.92. The first-order chi connectivity index (χ1) is 14.7. The van der Waals surface area contributed by atoms with Crippen molar-refractivity contribution >= 4 is 52.5 Å². The highest BCUT2D eigenvalue weighted by Gasteiger charge is 2.30. The Balaban J connectivity index is 1.64. The van der Waals surface area contributed by atoms with Gasteiger partial charge < -0.3 is 0 Å². The Morgan fingerprint density at radius 1 is 1.03 bits per heavy atom. The van der Waals surface area contributed by atoms with Crippen molar-refractivity contribution in [1.82, 2.24) is 9.29 Å². The van der Waals surface area contributed by atoms with Crippen molar-refractivity contribution in [2.45, 2.75) is 29.1 Å². The van der Waals surface area contributed by atoms with E-state index in [2.05, 4.69) is 10.3 Å². The quantitative estimate of drug-likeness (QED) is 0.601. The molecule has 1 aliphatic heterocycles. The second kappa shape index (κ2) is 8.30. The van der Waals surface area contributed by atoms with Crippen molar-refractivity contribution in [2.24, 2.45) is 0 Å². The Morgan fingerprint density at radius 2 is 1.74 bits per heavy atom. The minimum atomic E-state index is -3.79. The highest BCUT2D eigenvalue weighted by atomic mass is 32.2. The number of piperidine rings is 1. The first-order valence-electron chi connectivity index (χ1n) is 9.67. The molecule has 1 aliphatic rings. The van der Waals surface area contributed by atoms with E-state index in [9.17, 15) is 21.6 Å². The molecular weight excluding hydrogens is 458 g/mol. The Labute approximate surface area is 184 Å². The number of nitrogens with one attached hydrogen (secondary N) is 1. The second-order valence-electron chi connectivity index (χ2n) is 7.34. The molecule has 0 saturated carbocycles. The fourth-order valence-corrected chi connectivity index (χ4v) is 6.81. The predicted octanol–water partition coefficient (Wildman–Crippen LogP) is 3.13. The Hall–Kier alpha value is -2.34. The minimum absolute atomic E-state index is 0.0325. The van der Waals surface area contributed by atoms with E-state index in [0.29, 0.717) is 23.3 Å². The van der Waals surface area contributed by atoms with Gasteiger partial charge in [0.1, 0.15) is 0 Å². The summed E-state index contributed by atoms with van der Waals surface area (Å²) in [6.45, 7) is 0.887. The summed E-state index contributed by atoms with van der Waals surface area (Å²) in [5.74, 6) is -0.585. The molecule has 1 saturated heterocycles. The van der Waals surface area contributed by atoms with Crippen molar-refractivity contribution < 1.29 is 21.6 Å². The van der Waals surface area contributed by atoms with E-state index < -0.39 is 25.8 Å². The number of rotatable bonds is 5. The molecule has 1 aromatic heterocycles. The Kier molecular flexibility index (Phi) is 5.86. The topological polar surface area (TPSA) is 114 Å². The number of sulfone groups is 1. The summed E-state index contributed by atoms with van der Waals surface area (Å²) >= 11 is 1.12. The molecule has 0 aliphatic carbocycles. The van der Waals surface area contributed by atoms with Gasteiger partial charge in [-0.3, -0.25) is 10.1 Å². The van der Waals surface area contributed by atoms with Gasteiger partial charge in [0.15, 0.2) is 15.0 Å². The van der Waals surface area contributed by atoms with E-state index in [0.717, 1.165) is 36.9 Å². The van der Waals surface area contributed by atoms with E-state index in [4.69, 9.17) is 0 Å². The molecule has 0 unspecified atom stereocenters. The van der Waals surface area contributed by atoms with Crippen LogP contribution in [0, 0.1) is 0 Å². The summed E-state index contributed by atoms with van der Waals surface area (Å²) in [6, 6.07) is 10.7. The number of carbonyl (C=O) groups is 1. The number of sulfonamides is 1. The second-order valence-corrected chi connectivity index (χ2v) is 12.3. The average molecular weight is 480 g/mol. The van der Waals surface area contributed by atoms with Crippen LogP contribution in [0.25, 0.3) is 10.2 Å². The van der Waals surface area contributed by atoms with Crippen LogP contribution in [0.2, 0.25) is 0 Å². The van der Waals surface area contributed by atoms with Crippen molar-refractivity contribution in [3.63, 3.8) is 0 Å². The number of fused-ring (bicyclic) bond motifs is 1. The number of nitrogens with zero attached hydrogens (tertiary/aromatic N) is 2. The number of thiazole rings is 1. The van der Waals surface area contributed by atoms with Crippen molar-refractivity contribution in [1.29, 1.82) is 0 Å². The van der Waals surface area contributed by atoms with Gasteiger partial charge >= 0.3 is 0 Å². The molecule has 0 bridgehead atoms. The first kappa shape index (κ1) is 21.9. The largest absolute Gasteiger partial charge is 0.298 e. The third kappa shape index (κ3) is 4.49. The smallest absolute Gasteiger partial charge is 0.258 e. The lowest BCUT2D eigenvalue weighted by Crippen LogP contribution is -2.36. The molecule has 0 atom stereocenters. The molecule has 164 valence electrons. The van der Waals surface area contributed by atoms with E-state index in [-0.39, 0.29) is 20.5 Å². The molecule has 0 spiro atoms. The maximum absolute atomic E-state index is 13.1. The molecule has 11 heteroatoms. The van der Waals surface area contributed by atoms with Crippen LogP contribution in [-0.2, 0) is 19.9 Å². The molecule has 2 heterocycles. The van der Waals surface area contributed by atoms with Crippen LogP contribution in [0.5, 0.6) is 0 Å². The van der Waals surface area contributed by atoms with E-state index in [1.54, 1.807) is 18.2 Å². The lowest BCUT2D eigenvalue weighted by Gasteiger charge is -2.26. The Morgan fingerprint density at radius 3 is 2.45 bits per heavy atom. The number of aromatic nitrogens is 1. The average Bonchev–Trinajstić information content (AvgIpc) is 3.15. The van der Waals surface area contributed by atoms with Crippen LogP contribution >= 0.6 is 11.3 Å². The monoisotopic (exact) mass is 479 g/mol. The summed E-state index contributed by atoms with van der Waals surface area (Å²) in [4.78, 5) is 17.4. The first-order valence-corrected chi connectivity index (χ1v) is 13.8. The van der Waals surface area contributed by atoms with E-state index >= 15 is 0 Å². The van der Waals surface area contributed by atoms with Gasteiger partial charge in [0, 0.05) is 19.3 Å². The van der Waals surface area contributed by atoms with Crippen molar-refractivity contribution in [3.8, 4) is 0 Å². The molecule has 2 aromatic carbocycles. The van der Waals surface area contributed by atoms with Gasteiger partial charge in [0.2, 0.25) is 10.0 Å². The van der Waals surface area contributed by atoms with Crippen LogP contribution in [0.4, 0.5) is 5.13 Å². The van der Waals surface area contributed by atoms with E-state index in [1.165, 1.54) is 28.6 Å². The number of hydrogen-bond donors (Lipinski definition) is 1. The molecule has 3 aromatic rings. The fourth-order valence-electron chi connectivity index (χ4n) is 3.48. The lowest BCUT2D eigenvalue weighted by atomic mass is 10.2. The molecule has 0 radical (unpaired) electrons. The standard InChI is InChI=1S/C20H21N3O5S3/c1-30(25,26)14-9-10-16-17(13-14)29-20(21-16)22-19(24)15-7-3-4-8-18(15)31(27,28)23-11-5-2-6-12-23/h3-4,7-10,13H,2,5-6,11-12H2,1H3,(H,21,22,24). The van der Waals surface area contributed by atoms with Gasteiger partial charge in [0.05, 0.1) is 25.6 Å². The summed E-state index contributed by atoms with van der Waals surface area (Å²) in [5.41, 5.74) is 0.589. The van der Waals surface area contributed by atoms with Crippen LogP contribution in [0.15, 0.2) is 52.3 Å². The number of benzene rings is 2. The maximum atomic E-state index is 13.1. The third-order valence-electron chi connectivity index (χ3n) is 5.07. The van der Waals surface area contributed by atoms with Gasteiger partial charge in [-0.05, 0) is 43.2 Å². The summed E-state index contributed by atoms with van der Waals surface area (Å²) in [6.07, 6.45) is 3.72. The van der Waals surface area contributed by atoms with Gasteiger partial charge in [-0.1, -0.05) is 29.9 Å². The van der Waals surface area contributed by atoms with Crippen LogP contribution < -0.4 is 5.32 Å². The number of anilines is 1. The van der Waals surface area contributed by atoms with Crippen LogP contribution in [0.1, 0.15) is 29.6 Å². The fraction of sp³-hybridized carbons (Fsp3) is 0.300. The maximum Gasteiger partial charge on any atom is 0.258 e. The number of hydrogen-bond acceptors (Lipinski definition) is 7. The zero-order chi connectivity index (χ0) is 22.2. The molecule has 1 fully saturated rings. The highest BCUT2D eigenvalue weighted by Crippen LogP contribution is 2.29. The molecule has 4 rings (SSSR count). The summed E-state index contributed by atoms with van der Waals surface area (Å²) < 4.78 is 51.8. The molecule has 1 N–H and O–H groups in total. The zero-order valence-corrected chi connectivity index (χ0v) is 19.2. The third-order valence-corrected chi connectivity index (χ3v) is 9.07. The van der Waals surface area contributed by atoms with Crippen molar-refractivity contribution in [3.05, 3.63) is 48.0 Å². The van der Waals surface area contributed by atoms with Gasteiger partial charge in [-0.15, -0.1) is 0 Å². The number of carbonyl (C=O) groups excluding carboxylic acids is 1. The highest BCUT2D eigenvalue weighted by molar-refractivity contribution is 7.90. The van der Waals surface area contributed by atoms with Crippen molar-refractivity contribution in [2.75, 3.05) is 24.7 Å². The van der Waals surface area contributed by atoms with Gasteiger partial charge in [0.25, 0.3) is 5.91 Å². The summed E-state index contributed by atoms with van der Waals surface area (Å²) in [7, 11) is -7.15. The van der Waals surface area contributed by atoms with Gasteiger partial charge in [-0.2, -0.15) is 4.31 Å². The van der Waals surface area contributed by atoms with Crippen LogP contribution in [-0.4, -0.2) is 51.4 Å². The number of amides is 1. The molecule has 31 heavy (non-hydrogen) atoms. The predicted molar refractivity (Wildman–Crippen MR) is 120 cm³/mol.